The molecule has 21 heavy (non-hydrogen) atoms. The van der Waals surface area contributed by atoms with Crippen LogP contribution in [0.4, 0.5) is 0 Å². The number of hydrogen-bond donors (Lipinski definition) is 1. The van der Waals surface area contributed by atoms with E-state index in [1.165, 1.54) is 0 Å². The van der Waals surface area contributed by atoms with Crippen molar-refractivity contribution in [3.8, 4) is 5.75 Å². The highest BCUT2D eigenvalue weighted by Gasteiger charge is 2.25. The molecule has 1 amide bonds. The Morgan fingerprint density at radius 1 is 1.43 bits per heavy atom. The van der Waals surface area contributed by atoms with Gasteiger partial charge in [-0.2, -0.15) is 0 Å². The number of hydrogen-bond acceptors (Lipinski definition) is 3. The highest BCUT2D eigenvalue weighted by Crippen LogP contribution is 2.16. The number of carbonyl (C=O) groups is 1. The molecule has 0 bridgehead atoms. The third-order valence-electron chi connectivity index (χ3n) is 3.44. The summed E-state index contributed by atoms with van der Waals surface area (Å²) in [7, 11) is 0. The molecule has 0 saturated carbocycles. The zero-order valence-corrected chi connectivity index (χ0v) is 13.8. The smallest absolute Gasteiger partial charge is 0.260 e. The van der Waals surface area contributed by atoms with Crippen molar-refractivity contribution >= 4 is 29.9 Å². The van der Waals surface area contributed by atoms with Gasteiger partial charge in [0.05, 0.1) is 0 Å². The quantitative estimate of drug-likeness (QED) is 0.870. The van der Waals surface area contributed by atoms with E-state index in [2.05, 4.69) is 12.2 Å². The predicted molar refractivity (Wildman–Crippen MR) is 87.5 cm³/mol. The van der Waals surface area contributed by atoms with Gasteiger partial charge in [-0.15, -0.1) is 12.4 Å². The molecule has 2 rings (SSSR count). The first-order chi connectivity index (χ1) is 9.70. The second-order valence-corrected chi connectivity index (χ2v) is 5.41. The van der Waals surface area contributed by atoms with E-state index in [0.717, 1.165) is 32.5 Å². The topological polar surface area (TPSA) is 41.6 Å². The standard InChI is InChI=1S/C15H21ClN2O2.ClH/c1-2-9-18(13-7-8-17-10-13)15(19)11-20-14-5-3-12(16)4-6-14;/h3-6,13,17H,2,7-11H2,1H3;1H. The second-order valence-electron chi connectivity index (χ2n) is 4.98. The van der Waals surface area contributed by atoms with Gasteiger partial charge >= 0.3 is 0 Å². The summed E-state index contributed by atoms with van der Waals surface area (Å²) >= 11 is 5.81. The Labute approximate surface area is 137 Å². The van der Waals surface area contributed by atoms with E-state index in [-0.39, 0.29) is 24.9 Å². The summed E-state index contributed by atoms with van der Waals surface area (Å²) in [6.45, 7) is 4.82. The molecule has 1 N–H and O–H groups in total. The molecule has 4 nitrogen and oxygen atoms in total. The lowest BCUT2D eigenvalue weighted by atomic mass is 10.2. The minimum Gasteiger partial charge on any atom is -0.484 e. The van der Waals surface area contributed by atoms with E-state index in [1.807, 2.05) is 4.90 Å². The molecule has 6 heteroatoms. The Balaban J connectivity index is 0.00000220. The molecule has 0 aromatic heterocycles. The van der Waals surface area contributed by atoms with Crippen LogP contribution in [-0.2, 0) is 4.79 Å². The van der Waals surface area contributed by atoms with E-state index in [9.17, 15) is 4.79 Å². The molecule has 1 fully saturated rings. The Morgan fingerprint density at radius 3 is 2.71 bits per heavy atom. The molecule has 1 aromatic rings. The van der Waals surface area contributed by atoms with Crippen LogP contribution < -0.4 is 10.1 Å². The average Bonchev–Trinajstić information content (AvgIpc) is 2.97. The lowest BCUT2D eigenvalue weighted by Gasteiger charge is -2.28. The number of ether oxygens (including phenoxy) is 1. The maximum Gasteiger partial charge on any atom is 0.260 e. The van der Waals surface area contributed by atoms with Gasteiger partial charge in [0.2, 0.25) is 0 Å². The van der Waals surface area contributed by atoms with Crippen LogP contribution in [0.3, 0.4) is 0 Å². The maximum atomic E-state index is 12.3. The number of nitrogens with one attached hydrogen (secondary N) is 1. The molecule has 118 valence electrons. The molecule has 1 atom stereocenters. The fourth-order valence-electron chi connectivity index (χ4n) is 2.42. The first-order valence-electron chi connectivity index (χ1n) is 7.09. The molecule has 1 aliphatic rings. The molecule has 0 spiro atoms. The molecule has 0 radical (unpaired) electrons. The summed E-state index contributed by atoms with van der Waals surface area (Å²) in [5.74, 6) is 0.722. The fourth-order valence-corrected chi connectivity index (χ4v) is 2.54. The minimum atomic E-state index is 0. The van der Waals surface area contributed by atoms with Gasteiger partial charge in [-0.3, -0.25) is 4.79 Å². The van der Waals surface area contributed by atoms with Crippen molar-refractivity contribution in [1.82, 2.24) is 10.2 Å². The van der Waals surface area contributed by atoms with Crippen LogP contribution in [0, 0.1) is 0 Å². The van der Waals surface area contributed by atoms with Crippen molar-refractivity contribution in [2.75, 3.05) is 26.2 Å². The number of amides is 1. The van der Waals surface area contributed by atoms with Crippen LogP contribution >= 0.6 is 24.0 Å². The number of nitrogens with zero attached hydrogens (tertiary/aromatic N) is 1. The Kier molecular flexibility index (Phi) is 7.86. The molecule has 1 aromatic carbocycles. The monoisotopic (exact) mass is 332 g/mol. The third-order valence-corrected chi connectivity index (χ3v) is 3.69. The summed E-state index contributed by atoms with van der Waals surface area (Å²) in [4.78, 5) is 14.2. The zero-order chi connectivity index (χ0) is 14.4. The van der Waals surface area contributed by atoms with E-state index < -0.39 is 0 Å². The van der Waals surface area contributed by atoms with Crippen molar-refractivity contribution < 1.29 is 9.53 Å². The summed E-state index contributed by atoms with van der Waals surface area (Å²) in [5, 5.41) is 3.96. The number of halogens is 2. The van der Waals surface area contributed by atoms with Gasteiger partial charge in [-0.1, -0.05) is 18.5 Å². The van der Waals surface area contributed by atoms with E-state index in [4.69, 9.17) is 16.3 Å². The molecule has 1 unspecified atom stereocenters. The number of benzene rings is 1. The van der Waals surface area contributed by atoms with E-state index in [0.29, 0.717) is 16.8 Å². The third kappa shape index (κ3) is 5.38. The van der Waals surface area contributed by atoms with Gasteiger partial charge in [0.1, 0.15) is 5.75 Å². The maximum absolute atomic E-state index is 12.3. The van der Waals surface area contributed by atoms with Gasteiger partial charge in [-0.25, -0.2) is 0 Å². The summed E-state index contributed by atoms with van der Waals surface area (Å²) in [6.07, 6.45) is 1.98. The van der Waals surface area contributed by atoms with Crippen LogP contribution in [0.2, 0.25) is 5.02 Å². The Morgan fingerprint density at radius 2 is 2.14 bits per heavy atom. The molecule has 0 aliphatic carbocycles. The van der Waals surface area contributed by atoms with Crippen molar-refractivity contribution in [3.05, 3.63) is 29.3 Å². The minimum absolute atomic E-state index is 0. The van der Waals surface area contributed by atoms with Crippen LogP contribution in [0.5, 0.6) is 5.75 Å². The normalized spacial score (nSPS) is 17.1. The van der Waals surface area contributed by atoms with Crippen molar-refractivity contribution in [3.63, 3.8) is 0 Å². The molecular weight excluding hydrogens is 311 g/mol. The average molecular weight is 333 g/mol. The van der Waals surface area contributed by atoms with Crippen molar-refractivity contribution in [2.24, 2.45) is 0 Å². The summed E-state index contributed by atoms with van der Waals surface area (Å²) in [5.41, 5.74) is 0. The number of rotatable bonds is 6. The lowest BCUT2D eigenvalue weighted by molar-refractivity contribution is -0.135. The van der Waals surface area contributed by atoms with Crippen LogP contribution in [-0.4, -0.2) is 43.1 Å². The number of carbonyl (C=O) groups excluding carboxylic acids is 1. The summed E-state index contributed by atoms with van der Waals surface area (Å²) < 4.78 is 5.54. The van der Waals surface area contributed by atoms with Gasteiger partial charge in [0.15, 0.2) is 6.61 Å². The van der Waals surface area contributed by atoms with Crippen LogP contribution in [0.15, 0.2) is 24.3 Å². The van der Waals surface area contributed by atoms with Crippen LogP contribution in [0.25, 0.3) is 0 Å². The van der Waals surface area contributed by atoms with Gasteiger partial charge in [0, 0.05) is 24.2 Å². The Bertz CT molecular complexity index is 434. The highest BCUT2D eigenvalue weighted by molar-refractivity contribution is 6.30. The van der Waals surface area contributed by atoms with Gasteiger partial charge < -0.3 is 15.0 Å². The van der Waals surface area contributed by atoms with Crippen molar-refractivity contribution in [1.29, 1.82) is 0 Å². The zero-order valence-electron chi connectivity index (χ0n) is 12.2. The molecule has 1 aliphatic heterocycles. The van der Waals surface area contributed by atoms with E-state index in [1.54, 1.807) is 24.3 Å². The van der Waals surface area contributed by atoms with Crippen LogP contribution in [0.1, 0.15) is 19.8 Å². The SMILES string of the molecule is CCCN(C(=O)COc1ccc(Cl)cc1)C1CCNC1.Cl. The largest absolute Gasteiger partial charge is 0.484 e. The highest BCUT2D eigenvalue weighted by atomic mass is 35.5. The fraction of sp³-hybridized carbons (Fsp3) is 0.533. The molecule has 1 heterocycles. The first kappa shape index (κ1) is 18.1. The van der Waals surface area contributed by atoms with E-state index >= 15 is 0 Å². The predicted octanol–water partition coefficient (Wildman–Crippen LogP) is 2.74. The van der Waals surface area contributed by atoms with Gasteiger partial charge in [-0.05, 0) is 43.7 Å². The lowest BCUT2D eigenvalue weighted by Crippen LogP contribution is -2.44. The molecular formula is C15H22Cl2N2O2. The first-order valence-corrected chi connectivity index (χ1v) is 7.47. The van der Waals surface area contributed by atoms with Gasteiger partial charge in [0.25, 0.3) is 5.91 Å². The molecule has 1 saturated heterocycles. The summed E-state index contributed by atoms with van der Waals surface area (Å²) in [6, 6.07) is 7.36. The van der Waals surface area contributed by atoms with Crippen molar-refractivity contribution in [2.45, 2.75) is 25.8 Å². The second kappa shape index (κ2) is 9.13. The Hall–Kier alpha value is -0.970.